The van der Waals surface area contributed by atoms with E-state index in [9.17, 15) is 18.0 Å². The summed E-state index contributed by atoms with van der Waals surface area (Å²) in [6, 6.07) is 0. The van der Waals surface area contributed by atoms with Crippen molar-refractivity contribution in [2.45, 2.75) is 19.0 Å². The summed E-state index contributed by atoms with van der Waals surface area (Å²) < 4.78 is 34.3. The van der Waals surface area contributed by atoms with Gasteiger partial charge in [-0.25, -0.2) is 5.43 Å². The third-order valence-corrected chi connectivity index (χ3v) is 1.33. The van der Waals surface area contributed by atoms with Crippen molar-refractivity contribution in [3.8, 4) is 0 Å². The molecule has 3 nitrogen and oxygen atoms in total. The Balaban J connectivity index is 2.24. The van der Waals surface area contributed by atoms with Crippen LogP contribution in [-0.2, 0) is 4.79 Å². The van der Waals surface area contributed by atoms with Gasteiger partial charge in [-0.2, -0.15) is 18.3 Å². The standard InChI is InChI=1S/C6H7F3N2O/c7-6(8,9)3-10-11-5(12)4-1-2-4/h3-4H,1-2H2,(H,11,12). The van der Waals surface area contributed by atoms with Gasteiger partial charge in [0, 0.05) is 5.92 Å². The molecule has 0 bridgehead atoms. The van der Waals surface area contributed by atoms with Crippen LogP contribution in [0.3, 0.4) is 0 Å². The van der Waals surface area contributed by atoms with Crippen molar-refractivity contribution in [3.05, 3.63) is 0 Å². The highest BCUT2D eigenvalue weighted by molar-refractivity contribution is 5.81. The number of carbonyl (C=O) groups is 1. The number of rotatable bonds is 2. The molecule has 1 amide bonds. The second-order valence-corrected chi connectivity index (χ2v) is 2.55. The quantitative estimate of drug-likeness (QED) is 0.501. The third kappa shape index (κ3) is 3.36. The first-order valence-corrected chi connectivity index (χ1v) is 3.40. The Morgan fingerprint density at radius 2 is 2.08 bits per heavy atom. The highest BCUT2D eigenvalue weighted by Gasteiger charge is 2.30. The molecule has 0 atom stereocenters. The Morgan fingerprint density at radius 3 is 2.50 bits per heavy atom. The predicted octanol–water partition coefficient (Wildman–Crippen LogP) is 1.06. The number of hydrogen-bond acceptors (Lipinski definition) is 2. The average molecular weight is 180 g/mol. The Hall–Kier alpha value is -1.07. The van der Waals surface area contributed by atoms with E-state index < -0.39 is 12.1 Å². The van der Waals surface area contributed by atoms with Crippen molar-refractivity contribution in [2.24, 2.45) is 11.0 Å². The van der Waals surface area contributed by atoms with Gasteiger partial charge in [0.1, 0.15) is 6.21 Å². The van der Waals surface area contributed by atoms with E-state index in [2.05, 4.69) is 5.10 Å². The van der Waals surface area contributed by atoms with Crippen LogP contribution in [0.25, 0.3) is 0 Å². The van der Waals surface area contributed by atoms with E-state index in [1.165, 1.54) is 0 Å². The maximum atomic E-state index is 11.4. The fourth-order valence-corrected chi connectivity index (χ4v) is 0.606. The molecule has 1 fully saturated rings. The fourth-order valence-electron chi connectivity index (χ4n) is 0.606. The maximum absolute atomic E-state index is 11.4. The second kappa shape index (κ2) is 3.12. The van der Waals surface area contributed by atoms with Gasteiger partial charge in [-0.3, -0.25) is 4.79 Å². The molecule has 0 aliphatic heterocycles. The molecule has 0 aromatic carbocycles. The summed E-state index contributed by atoms with van der Waals surface area (Å²) in [5.41, 5.74) is 1.81. The van der Waals surface area contributed by atoms with Gasteiger partial charge in [0.05, 0.1) is 0 Å². The first-order chi connectivity index (χ1) is 5.49. The molecule has 0 radical (unpaired) electrons. The molecule has 0 unspecified atom stereocenters. The molecule has 12 heavy (non-hydrogen) atoms. The maximum Gasteiger partial charge on any atom is 0.428 e. The molecule has 0 spiro atoms. The Morgan fingerprint density at radius 1 is 1.50 bits per heavy atom. The van der Waals surface area contributed by atoms with Crippen LogP contribution in [0.4, 0.5) is 13.2 Å². The van der Waals surface area contributed by atoms with E-state index in [4.69, 9.17) is 0 Å². The monoisotopic (exact) mass is 180 g/mol. The molecule has 6 heteroatoms. The first kappa shape index (κ1) is 9.02. The summed E-state index contributed by atoms with van der Waals surface area (Å²) in [5.74, 6) is -0.564. The Labute approximate surface area is 66.6 Å². The minimum absolute atomic E-state index is 0.129. The summed E-state index contributed by atoms with van der Waals surface area (Å²) in [4.78, 5) is 10.7. The Kier molecular flexibility index (Phi) is 2.35. The topological polar surface area (TPSA) is 41.5 Å². The van der Waals surface area contributed by atoms with Gasteiger partial charge in [0.25, 0.3) is 0 Å². The molecule has 1 N–H and O–H groups in total. The van der Waals surface area contributed by atoms with Crippen molar-refractivity contribution in [3.63, 3.8) is 0 Å². The number of alkyl halides is 3. The van der Waals surface area contributed by atoms with Crippen LogP contribution < -0.4 is 5.43 Å². The van der Waals surface area contributed by atoms with Gasteiger partial charge in [0.15, 0.2) is 0 Å². The van der Waals surface area contributed by atoms with E-state index in [-0.39, 0.29) is 12.1 Å². The summed E-state index contributed by atoms with van der Waals surface area (Å²) in [5, 5.41) is 2.75. The number of carbonyl (C=O) groups excluding carboxylic acids is 1. The molecule has 1 aliphatic carbocycles. The second-order valence-electron chi connectivity index (χ2n) is 2.55. The zero-order valence-corrected chi connectivity index (χ0v) is 6.06. The van der Waals surface area contributed by atoms with Crippen LogP contribution in [0.1, 0.15) is 12.8 Å². The van der Waals surface area contributed by atoms with Crippen molar-refractivity contribution in [2.75, 3.05) is 0 Å². The molecular formula is C6H7F3N2O. The lowest BCUT2D eigenvalue weighted by atomic mass is 10.4. The van der Waals surface area contributed by atoms with E-state index >= 15 is 0 Å². The summed E-state index contributed by atoms with van der Waals surface area (Å²) in [7, 11) is 0. The lowest BCUT2D eigenvalue weighted by Gasteiger charge is -1.97. The van der Waals surface area contributed by atoms with Gasteiger partial charge < -0.3 is 0 Å². The molecule has 0 heterocycles. The molecule has 1 aliphatic rings. The number of nitrogens with zero attached hydrogens (tertiary/aromatic N) is 1. The molecule has 1 rings (SSSR count). The van der Waals surface area contributed by atoms with Crippen molar-refractivity contribution in [1.29, 1.82) is 0 Å². The average Bonchev–Trinajstić information content (AvgIpc) is 2.64. The first-order valence-electron chi connectivity index (χ1n) is 3.40. The molecule has 1 saturated carbocycles. The van der Waals surface area contributed by atoms with Crippen LogP contribution in [0.2, 0.25) is 0 Å². The number of halogens is 3. The van der Waals surface area contributed by atoms with Gasteiger partial charge in [0.2, 0.25) is 5.91 Å². The largest absolute Gasteiger partial charge is 0.428 e. The minimum Gasteiger partial charge on any atom is -0.273 e. The number of nitrogens with one attached hydrogen (secondary N) is 1. The van der Waals surface area contributed by atoms with Gasteiger partial charge >= 0.3 is 6.18 Å². The lowest BCUT2D eigenvalue weighted by Crippen LogP contribution is -2.21. The number of hydrazone groups is 1. The van der Waals surface area contributed by atoms with Crippen LogP contribution in [0.15, 0.2) is 5.10 Å². The zero-order valence-electron chi connectivity index (χ0n) is 6.06. The lowest BCUT2D eigenvalue weighted by molar-refractivity contribution is -0.122. The molecular weight excluding hydrogens is 173 g/mol. The van der Waals surface area contributed by atoms with E-state index in [1.54, 1.807) is 0 Å². The smallest absolute Gasteiger partial charge is 0.273 e. The van der Waals surface area contributed by atoms with Gasteiger partial charge in [-0.05, 0) is 12.8 Å². The number of hydrogen-bond donors (Lipinski definition) is 1. The summed E-state index contributed by atoms with van der Waals surface area (Å²) in [6.45, 7) is 0. The van der Waals surface area contributed by atoms with Crippen molar-refractivity contribution < 1.29 is 18.0 Å². The van der Waals surface area contributed by atoms with E-state index in [0.717, 1.165) is 12.8 Å². The molecule has 0 aromatic rings. The third-order valence-electron chi connectivity index (χ3n) is 1.33. The van der Waals surface area contributed by atoms with E-state index in [1.807, 2.05) is 5.43 Å². The number of amides is 1. The summed E-state index contributed by atoms with van der Waals surface area (Å²) >= 11 is 0. The normalized spacial score (nSPS) is 18.2. The molecule has 0 saturated heterocycles. The molecule has 0 aromatic heterocycles. The van der Waals surface area contributed by atoms with Crippen LogP contribution in [-0.4, -0.2) is 18.3 Å². The zero-order chi connectivity index (χ0) is 9.19. The molecule has 68 valence electrons. The van der Waals surface area contributed by atoms with E-state index in [0.29, 0.717) is 0 Å². The van der Waals surface area contributed by atoms with Crippen molar-refractivity contribution >= 4 is 12.1 Å². The van der Waals surface area contributed by atoms with Crippen LogP contribution >= 0.6 is 0 Å². The highest BCUT2D eigenvalue weighted by atomic mass is 19.4. The predicted molar refractivity (Wildman–Crippen MR) is 35.4 cm³/mol. The van der Waals surface area contributed by atoms with Gasteiger partial charge in [-0.15, -0.1) is 0 Å². The van der Waals surface area contributed by atoms with Crippen LogP contribution in [0, 0.1) is 5.92 Å². The summed E-state index contributed by atoms with van der Waals surface area (Å²) in [6.07, 6.45) is -3.22. The van der Waals surface area contributed by atoms with Crippen molar-refractivity contribution in [1.82, 2.24) is 5.43 Å². The Bertz CT molecular complexity index is 207. The van der Waals surface area contributed by atoms with Crippen LogP contribution in [0.5, 0.6) is 0 Å². The minimum atomic E-state index is -4.46. The highest BCUT2D eigenvalue weighted by Crippen LogP contribution is 2.28. The SMILES string of the molecule is O=C(NN=CC(F)(F)F)C1CC1. The van der Waals surface area contributed by atoms with Gasteiger partial charge in [-0.1, -0.05) is 0 Å². The fraction of sp³-hybridized carbons (Fsp3) is 0.667.